The van der Waals surface area contributed by atoms with E-state index in [-0.39, 0.29) is 30.3 Å². The molecule has 0 saturated carbocycles. The van der Waals surface area contributed by atoms with E-state index in [4.69, 9.17) is 33.0 Å². The molecule has 8 nitrogen and oxygen atoms in total. The van der Waals surface area contributed by atoms with E-state index in [1.54, 1.807) is 41.9 Å². The first kappa shape index (κ1) is 28.1. The SMILES string of the molecule is O=C(CCl)N1CCC(n2cc3c(n2)CCc2c-3sc3ncnc(Nc4ccc(OCc5cccc(F)c5)c(Cl)c4)c23)CC1. The number of fused-ring (bicyclic) bond motifs is 5. The largest absolute Gasteiger partial charge is 0.487 e. The zero-order valence-electron chi connectivity index (χ0n) is 23.0. The molecule has 2 aromatic carbocycles. The summed E-state index contributed by atoms with van der Waals surface area (Å²) >= 11 is 14.0. The topological polar surface area (TPSA) is 85.2 Å². The highest BCUT2D eigenvalue weighted by atomic mass is 35.5. The zero-order chi connectivity index (χ0) is 29.5. The second kappa shape index (κ2) is 11.7. The molecule has 1 amide bonds. The monoisotopic (exact) mass is 636 g/mol. The fourth-order valence-corrected chi connectivity index (χ4v) is 7.49. The number of thiophene rings is 1. The molecular weight excluding hydrogens is 610 g/mol. The van der Waals surface area contributed by atoms with Crippen LogP contribution in [0, 0.1) is 5.82 Å². The van der Waals surface area contributed by atoms with Crippen molar-refractivity contribution in [2.75, 3.05) is 24.3 Å². The van der Waals surface area contributed by atoms with Gasteiger partial charge in [0.1, 0.15) is 41.0 Å². The third-order valence-electron chi connectivity index (χ3n) is 8.04. The summed E-state index contributed by atoms with van der Waals surface area (Å²) in [5.41, 5.74) is 4.96. The Hall–Kier alpha value is -3.73. The number of hydrogen-bond acceptors (Lipinski definition) is 7. The minimum atomic E-state index is -0.304. The van der Waals surface area contributed by atoms with Crippen LogP contribution in [0.5, 0.6) is 5.75 Å². The quantitative estimate of drug-likeness (QED) is 0.191. The predicted molar refractivity (Wildman–Crippen MR) is 167 cm³/mol. The summed E-state index contributed by atoms with van der Waals surface area (Å²) in [5, 5.41) is 9.86. The number of aromatic nitrogens is 4. The highest BCUT2D eigenvalue weighted by Gasteiger charge is 2.29. The van der Waals surface area contributed by atoms with Gasteiger partial charge in [-0.25, -0.2) is 14.4 Å². The molecule has 4 heterocycles. The number of halogens is 3. The number of hydrogen-bond donors (Lipinski definition) is 1. The normalized spacial score (nSPS) is 14.9. The van der Waals surface area contributed by atoms with Crippen LogP contribution in [0.2, 0.25) is 5.02 Å². The lowest BCUT2D eigenvalue weighted by molar-refractivity contribution is -0.129. The first-order valence-electron chi connectivity index (χ1n) is 14.1. The van der Waals surface area contributed by atoms with E-state index in [9.17, 15) is 9.18 Å². The van der Waals surface area contributed by atoms with Crippen LogP contribution in [-0.2, 0) is 24.2 Å². The van der Waals surface area contributed by atoms with Gasteiger partial charge in [-0.15, -0.1) is 22.9 Å². The third-order valence-corrected chi connectivity index (χ3v) is 9.73. The number of rotatable bonds is 7. The van der Waals surface area contributed by atoms with Gasteiger partial charge >= 0.3 is 0 Å². The maximum atomic E-state index is 13.5. The van der Waals surface area contributed by atoms with Crippen LogP contribution in [0.15, 0.2) is 55.0 Å². The van der Waals surface area contributed by atoms with Gasteiger partial charge in [-0.2, -0.15) is 5.10 Å². The van der Waals surface area contributed by atoms with Crippen molar-refractivity contribution in [2.45, 2.75) is 38.3 Å². The van der Waals surface area contributed by atoms with Crippen molar-refractivity contribution < 1.29 is 13.9 Å². The number of likely N-dealkylation sites (tertiary alicyclic amines) is 1. The molecule has 0 unspecified atom stereocenters. The highest BCUT2D eigenvalue weighted by molar-refractivity contribution is 7.22. The number of amides is 1. The van der Waals surface area contributed by atoms with Crippen molar-refractivity contribution in [3.8, 4) is 16.2 Å². The Labute approximate surface area is 261 Å². The van der Waals surface area contributed by atoms with Crippen LogP contribution < -0.4 is 10.1 Å². The van der Waals surface area contributed by atoms with E-state index in [1.807, 2.05) is 11.0 Å². The van der Waals surface area contributed by atoms with E-state index in [1.165, 1.54) is 22.6 Å². The smallest absolute Gasteiger partial charge is 0.237 e. The molecule has 1 fully saturated rings. The van der Waals surface area contributed by atoms with Gasteiger partial charge in [0, 0.05) is 35.4 Å². The van der Waals surface area contributed by atoms with Crippen LogP contribution in [0.25, 0.3) is 20.7 Å². The van der Waals surface area contributed by atoms with Crippen molar-refractivity contribution in [1.82, 2.24) is 24.6 Å². The second-order valence-electron chi connectivity index (χ2n) is 10.7. The standard InChI is InChI=1S/C31H27Cl2FN6O2S/c32-14-27(41)39-10-8-21(9-11-39)40-15-23-25(38-40)6-5-22-28-30(35-17-36-31(28)43-29(22)23)37-20-4-7-26(24(33)13-20)42-16-18-2-1-3-19(34)12-18/h1-4,7,12-13,15,17,21H,5-6,8-11,14,16H2,(H,35,36,37). The molecule has 220 valence electrons. The van der Waals surface area contributed by atoms with Crippen molar-refractivity contribution in [1.29, 1.82) is 0 Å². The summed E-state index contributed by atoms with van der Waals surface area (Å²) in [7, 11) is 0. The molecule has 7 rings (SSSR count). The number of carbonyl (C=O) groups is 1. The van der Waals surface area contributed by atoms with Crippen molar-refractivity contribution in [3.63, 3.8) is 0 Å². The number of aryl methyl sites for hydroxylation is 2. The molecule has 2 aliphatic rings. The maximum Gasteiger partial charge on any atom is 0.237 e. The number of nitrogens with zero attached hydrogens (tertiary/aromatic N) is 5. The van der Waals surface area contributed by atoms with Crippen molar-refractivity contribution >= 4 is 62.2 Å². The Kier molecular flexibility index (Phi) is 7.67. The van der Waals surface area contributed by atoms with Crippen LogP contribution in [0.1, 0.15) is 35.7 Å². The molecule has 43 heavy (non-hydrogen) atoms. The number of ether oxygens (including phenoxy) is 1. The lowest BCUT2D eigenvalue weighted by Gasteiger charge is -2.31. The van der Waals surface area contributed by atoms with Gasteiger partial charge in [-0.1, -0.05) is 23.7 Å². The van der Waals surface area contributed by atoms with Gasteiger partial charge in [0.05, 0.1) is 22.1 Å². The van der Waals surface area contributed by atoms with Gasteiger partial charge in [-0.05, 0) is 67.1 Å². The molecule has 0 spiro atoms. The van der Waals surface area contributed by atoms with Gasteiger partial charge in [0.25, 0.3) is 0 Å². The third kappa shape index (κ3) is 5.55. The summed E-state index contributed by atoms with van der Waals surface area (Å²) in [6.45, 7) is 1.61. The molecule has 1 saturated heterocycles. The van der Waals surface area contributed by atoms with Gasteiger partial charge in [-0.3, -0.25) is 9.48 Å². The van der Waals surface area contributed by atoms with Crippen LogP contribution in [-0.4, -0.2) is 49.5 Å². The fourth-order valence-electron chi connectivity index (χ4n) is 5.86. The molecule has 0 bridgehead atoms. The molecule has 0 radical (unpaired) electrons. The first-order valence-corrected chi connectivity index (χ1v) is 15.8. The average Bonchev–Trinajstić information content (AvgIpc) is 3.63. The predicted octanol–water partition coefficient (Wildman–Crippen LogP) is 7.17. The van der Waals surface area contributed by atoms with E-state index in [0.29, 0.717) is 23.9 Å². The number of anilines is 2. The molecular formula is C31H27Cl2FN6O2S. The first-order chi connectivity index (χ1) is 21.0. The van der Waals surface area contributed by atoms with Crippen LogP contribution in [0.4, 0.5) is 15.9 Å². The molecule has 1 N–H and O–H groups in total. The average molecular weight is 638 g/mol. The summed E-state index contributed by atoms with van der Waals surface area (Å²) in [6, 6.07) is 12.0. The zero-order valence-corrected chi connectivity index (χ0v) is 25.4. The van der Waals surface area contributed by atoms with E-state index < -0.39 is 0 Å². The van der Waals surface area contributed by atoms with E-state index >= 15 is 0 Å². The fraction of sp³-hybridized carbons (Fsp3) is 0.290. The lowest BCUT2D eigenvalue weighted by atomic mass is 9.95. The Balaban J connectivity index is 1.11. The number of piperidine rings is 1. The van der Waals surface area contributed by atoms with E-state index in [2.05, 4.69) is 26.2 Å². The minimum absolute atomic E-state index is 0.00672. The Morgan fingerprint density at radius 1 is 1.14 bits per heavy atom. The molecule has 12 heteroatoms. The lowest BCUT2D eigenvalue weighted by Crippen LogP contribution is -2.39. The summed E-state index contributed by atoms with van der Waals surface area (Å²) in [6.07, 6.45) is 7.14. The highest BCUT2D eigenvalue weighted by Crippen LogP contribution is 2.45. The van der Waals surface area contributed by atoms with Crippen LogP contribution in [0.3, 0.4) is 0 Å². The second-order valence-corrected chi connectivity index (χ2v) is 12.4. The summed E-state index contributed by atoms with van der Waals surface area (Å²) in [5.74, 6) is 0.950. The molecule has 5 aromatic rings. The van der Waals surface area contributed by atoms with E-state index in [0.717, 1.165) is 64.2 Å². The van der Waals surface area contributed by atoms with Gasteiger partial charge < -0.3 is 15.0 Å². The molecule has 3 aromatic heterocycles. The summed E-state index contributed by atoms with van der Waals surface area (Å²) in [4.78, 5) is 25.1. The Morgan fingerprint density at radius 3 is 2.79 bits per heavy atom. The number of benzene rings is 2. The maximum absolute atomic E-state index is 13.5. The Bertz CT molecular complexity index is 1830. The minimum Gasteiger partial charge on any atom is -0.487 e. The number of alkyl halides is 1. The van der Waals surface area contributed by atoms with Crippen LogP contribution >= 0.6 is 34.5 Å². The number of nitrogens with one attached hydrogen (secondary N) is 1. The summed E-state index contributed by atoms with van der Waals surface area (Å²) < 4.78 is 21.4. The Morgan fingerprint density at radius 2 is 2.00 bits per heavy atom. The van der Waals surface area contributed by atoms with Crippen molar-refractivity contribution in [3.05, 3.63) is 82.6 Å². The molecule has 1 aliphatic carbocycles. The molecule has 0 atom stereocenters. The van der Waals surface area contributed by atoms with Crippen molar-refractivity contribution in [2.24, 2.45) is 0 Å². The molecule has 1 aliphatic heterocycles. The van der Waals surface area contributed by atoms with Gasteiger partial charge in [0.15, 0.2) is 0 Å². The van der Waals surface area contributed by atoms with Gasteiger partial charge in [0.2, 0.25) is 5.91 Å². The number of carbonyl (C=O) groups excluding carboxylic acids is 1.